The number of amides is 2. The summed E-state index contributed by atoms with van der Waals surface area (Å²) < 4.78 is 0. The minimum absolute atomic E-state index is 0.0309. The normalized spacial score (nSPS) is 15.1. The molecule has 5 nitrogen and oxygen atoms in total. The standard InChI is InChI=1S/C18H17ClN4OS/c1-10-2-6-13(19)12-5-7-14(21-15(10)12)22-18(24)23-16(11-3-4-11)17-20-8-9-25-17/h2,5-9,11,16H,3-4H2,1H3,(H2,21,22,23,24). The molecule has 1 fully saturated rings. The van der Waals surface area contributed by atoms with Crippen molar-refractivity contribution in [3.63, 3.8) is 0 Å². The van der Waals surface area contributed by atoms with Gasteiger partial charge in [0.2, 0.25) is 0 Å². The van der Waals surface area contributed by atoms with Crippen LogP contribution in [0.5, 0.6) is 0 Å². The second kappa shape index (κ2) is 6.61. The smallest absolute Gasteiger partial charge is 0.320 e. The number of hydrogen-bond acceptors (Lipinski definition) is 4. The number of nitrogens with zero attached hydrogens (tertiary/aromatic N) is 2. The van der Waals surface area contributed by atoms with Crippen molar-refractivity contribution in [1.29, 1.82) is 0 Å². The maximum absolute atomic E-state index is 12.4. The Morgan fingerprint density at radius 1 is 1.32 bits per heavy atom. The number of hydrogen-bond donors (Lipinski definition) is 2. The van der Waals surface area contributed by atoms with Gasteiger partial charge in [-0.2, -0.15) is 0 Å². The molecular formula is C18H17ClN4OS. The number of carbonyl (C=O) groups excluding carboxylic acids is 1. The molecule has 2 heterocycles. The average Bonchev–Trinajstić information content (AvgIpc) is 3.30. The Morgan fingerprint density at radius 2 is 2.16 bits per heavy atom. The molecule has 0 saturated heterocycles. The first-order valence-electron chi connectivity index (χ1n) is 8.14. The number of aryl methyl sites for hydroxylation is 1. The summed E-state index contributed by atoms with van der Waals surface area (Å²) in [6.45, 7) is 1.97. The molecule has 4 rings (SSSR count). The molecule has 25 heavy (non-hydrogen) atoms. The molecule has 1 atom stereocenters. The molecule has 1 aromatic carbocycles. The summed E-state index contributed by atoms with van der Waals surface area (Å²) in [5.74, 6) is 0.978. The number of halogens is 1. The van der Waals surface area contributed by atoms with Crippen molar-refractivity contribution in [1.82, 2.24) is 15.3 Å². The number of aromatic nitrogens is 2. The first-order chi connectivity index (χ1) is 12.1. The van der Waals surface area contributed by atoms with Gasteiger partial charge in [-0.05, 0) is 49.4 Å². The number of fused-ring (bicyclic) bond motifs is 1. The average molecular weight is 373 g/mol. The highest BCUT2D eigenvalue weighted by Crippen LogP contribution is 2.41. The van der Waals surface area contributed by atoms with Crippen molar-refractivity contribution < 1.29 is 4.79 Å². The van der Waals surface area contributed by atoms with E-state index in [1.807, 2.05) is 30.5 Å². The maximum Gasteiger partial charge on any atom is 0.320 e. The molecule has 128 valence electrons. The zero-order chi connectivity index (χ0) is 17.4. The van der Waals surface area contributed by atoms with E-state index in [1.54, 1.807) is 23.6 Å². The summed E-state index contributed by atoms with van der Waals surface area (Å²) in [4.78, 5) is 21.3. The molecule has 1 aliphatic rings. The van der Waals surface area contributed by atoms with Gasteiger partial charge in [0.25, 0.3) is 0 Å². The molecule has 2 N–H and O–H groups in total. The van der Waals surface area contributed by atoms with Gasteiger partial charge in [-0.3, -0.25) is 5.32 Å². The van der Waals surface area contributed by atoms with Crippen LogP contribution < -0.4 is 10.6 Å². The molecule has 0 spiro atoms. The van der Waals surface area contributed by atoms with E-state index in [4.69, 9.17) is 11.6 Å². The predicted molar refractivity (Wildman–Crippen MR) is 101 cm³/mol. The van der Waals surface area contributed by atoms with Crippen LogP contribution in [0.1, 0.15) is 29.5 Å². The van der Waals surface area contributed by atoms with Crippen LogP contribution in [0, 0.1) is 12.8 Å². The first kappa shape index (κ1) is 16.3. The summed E-state index contributed by atoms with van der Waals surface area (Å²) in [5.41, 5.74) is 1.81. The van der Waals surface area contributed by atoms with Gasteiger partial charge < -0.3 is 5.32 Å². The third kappa shape index (κ3) is 3.45. The summed E-state index contributed by atoms with van der Waals surface area (Å²) >= 11 is 7.78. The zero-order valence-electron chi connectivity index (χ0n) is 13.6. The quantitative estimate of drug-likeness (QED) is 0.682. The Morgan fingerprint density at radius 3 is 2.88 bits per heavy atom. The minimum atomic E-state index is -0.265. The van der Waals surface area contributed by atoms with Gasteiger partial charge in [-0.15, -0.1) is 11.3 Å². The van der Waals surface area contributed by atoms with Gasteiger partial charge >= 0.3 is 6.03 Å². The van der Waals surface area contributed by atoms with Gasteiger partial charge in [-0.25, -0.2) is 14.8 Å². The van der Waals surface area contributed by atoms with E-state index < -0.39 is 0 Å². The van der Waals surface area contributed by atoms with Crippen LogP contribution >= 0.6 is 22.9 Å². The van der Waals surface area contributed by atoms with Crippen molar-refractivity contribution in [2.75, 3.05) is 5.32 Å². The van der Waals surface area contributed by atoms with E-state index in [1.165, 1.54) is 0 Å². The highest BCUT2D eigenvalue weighted by Gasteiger charge is 2.35. The van der Waals surface area contributed by atoms with Crippen LogP contribution in [0.4, 0.5) is 10.6 Å². The number of thiazole rings is 1. The Labute approximate surface area is 154 Å². The Bertz CT molecular complexity index is 924. The Hall–Kier alpha value is -2.18. The van der Waals surface area contributed by atoms with Gasteiger partial charge in [0.05, 0.1) is 11.6 Å². The van der Waals surface area contributed by atoms with Crippen LogP contribution in [0.25, 0.3) is 10.9 Å². The van der Waals surface area contributed by atoms with Crippen LogP contribution in [-0.2, 0) is 0 Å². The van der Waals surface area contributed by atoms with E-state index >= 15 is 0 Å². The van der Waals surface area contributed by atoms with Crippen molar-refractivity contribution in [2.24, 2.45) is 5.92 Å². The molecule has 1 unspecified atom stereocenters. The van der Waals surface area contributed by atoms with Crippen LogP contribution in [-0.4, -0.2) is 16.0 Å². The number of urea groups is 1. The summed E-state index contributed by atoms with van der Waals surface area (Å²) in [6.07, 6.45) is 4.01. The third-order valence-corrected chi connectivity index (χ3v) is 5.53. The zero-order valence-corrected chi connectivity index (χ0v) is 15.2. The van der Waals surface area contributed by atoms with Crippen molar-refractivity contribution in [2.45, 2.75) is 25.8 Å². The highest BCUT2D eigenvalue weighted by molar-refractivity contribution is 7.09. The molecule has 2 amide bonds. The summed E-state index contributed by atoms with van der Waals surface area (Å²) in [6, 6.07) is 7.13. The molecular weight excluding hydrogens is 356 g/mol. The fourth-order valence-electron chi connectivity index (χ4n) is 2.88. The van der Waals surface area contributed by atoms with Crippen molar-refractivity contribution in [3.8, 4) is 0 Å². The summed E-state index contributed by atoms with van der Waals surface area (Å²) in [5, 5.41) is 10.3. The van der Waals surface area contributed by atoms with Gasteiger partial charge in [0.1, 0.15) is 10.8 Å². The fourth-order valence-corrected chi connectivity index (χ4v) is 3.88. The van der Waals surface area contributed by atoms with Crippen molar-refractivity contribution in [3.05, 3.63) is 51.4 Å². The SMILES string of the molecule is Cc1ccc(Cl)c2ccc(NC(=O)NC(c3nccs3)C3CC3)nc12. The lowest BCUT2D eigenvalue weighted by atomic mass is 10.1. The Balaban J connectivity index is 1.52. The number of nitrogens with one attached hydrogen (secondary N) is 2. The van der Waals surface area contributed by atoms with Gasteiger partial charge in [-0.1, -0.05) is 17.7 Å². The van der Waals surface area contributed by atoms with E-state index in [0.29, 0.717) is 16.8 Å². The topological polar surface area (TPSA) is 66.9 Å². The minimum Gasteiger partial charge on any atom is -0.328 e. The first-order valence-corrected chi connectivity index (χ1v) is 9.40. The number of rotatable bonds is 4. The number of pyridine rings is 1. The molecule has 1 saturated carbocycles. The van der Waals surface area contributed by atoms with E-state index in [2.05, 4.69) is 20.6 Å². The van der Waals surface area contributed by atoms with Crippen LogP contribution in [0.15, 0.2) is 35.8 Å². The highest BCUT2D eigenvalue weighted by atomic mass is 35.5. The lowest BCUT2D eigenvalue weighted by Crippen LogP contribution is -2.33. The van der Waals surface area contributed by atoms with Crippen LogP contribution in [0.2, 0.25) is 5.02 Å². The third-order valence-electron chi connectivity index (χ3n) is 4.34. The summed E-state index contributed by atoms with van der Waals surface area (Å²) in [7, 11) is 0. The maximum atomic E-state index is 12.4. The van der Waals surface area contributed by atoms with E-state index in [0.717, 1.165) is 34.3 Å². The largest absolute Gasteiger partial charge is 0.328 e. The van der Waals surface area contributed by atoms with Crippen LogP contribution in [0.3, 0.4) is 0 Å². The second-order valence-corrected chi connectivity index (χ2v) is 7.57. The lowest BCUT2D eigenvalue weighted by molar-refractivity contribution is 0.247. The molecule has 2 aromatic heterocycles. The lowest BCUT2D eigenvalue weighted by Gasteiger charge is -2.16. The molecule has 3 aromatic rings. The van der Waals surface area contributed by atoms with Gasteiger partial charge in [0.15, 0.2) is 0 Å². The fraction of sp³-hybridized carbons (Fsp3) is 0.278. The predicted octanol–water partition coefficient (Wildman–Crippen LogP) is 4.93. The number of carbonyl (C=O) groups is 1. The number of anilines is 1. The second-order valence-electron chi connectivity index (χ2n) is 6.24. The van der Waals surface area contributed by atoms with E-state index in [-0.39, 0.29) is 12.1 Å². The molecule has 1 aliphatic carbocycles. The van der Waals surface area contributed by atoms with Gasteiger partial charge in [0, 0.05) is 22.0 Å². The Kier molecular flexibility index (Phi) is 4.31. The van der Waals surface area contributed by atoms with Crippen molar-refractivity contribution >= 4 is 45.7 Å². The molecule has 7 heteroatoms. The molecule has 0 aliphatic heterocycles. The number of benzene rings is 1. The molecule has 0 bridgehead atoms. The molecule has 0 radical (unpaired) electrons. The monoisotopic (exact) mass is 372 g/mol. The van der Waals surface area contributed by atoms with E-state index in [9.17, 15) is 4.79 Å².